The maximum Gasteiger partial charge on any atom is 0.256 e. The van der Waals surface area contributed by atoms with Crippen molar-refractivity contribution in [2.75, 3.05) is 0 Å². The zero-order chi connectivity index (χ0) is 9.69. The molecule has 1 atom stereocenters. The Hall–Kier alpha value is -0.180. The van der Waals surface area contributed by atoms with Crippen molar-refractivity contribution in [3.05, 3.63) is 0 Å². The topological polar surface area (TPSA) is 12.0 Å². The second-order valence-corrected chi connectivity index (χ2v) is 5.18. The molecule has 0 bridgehead atoms. The molecule has 76 valence electrons. The Balaban J connectivity index is 1.92. The number of nitrogens with one attached hydrogen (secondary N) is 1. The molecule has 0 saturated heterocycles. The molecule has 0 aromatic heterocycles. The molecule has 3 heteroatoms. The molecule has 0 aromatic rings. The lowest BCUT2D eigenvalue weighted by Gasteiger charge is -2.46. The van der Waals surface area contributed by atoms with Crippen molar-refractivity contribution in [2.45, 2.75) is 57.5 Å². The van der Waals surface area contributed by atoms with Crippen molar-refractivity contribution in [1.82, 2.24) is 5.32 Å². The van der Waals surface area contributed by atoms with Crippen molar-refractivity contribution in [1.29, 1.82) is 0 Å². The molecule has 2 aliphatic carbocycles. The second kappa shape index (κ2) is 2.66. The summed E-state index contributed by atoms with van der Waals surface area (Å²) in [5.74, 6) is 0. The maximum absolute atomic E-state index is 12.6. The predicted octanol–water partition coefficient (Wildman–Crippen LogP) is 2.56. The fraction of sp³-hybridized carbons (Fsp3) is 1.00. The molecule has 2 rings (SSSR count). The normalized spacial score (nSPS) is 34.4. The van der Waals surface area contributed by atoms with Gasteiger partial charge in [-0.1, -0.05) is 13.8 Å². The average Bonchev–Trinajstić information content (AvgIpc) is 2.79. The van der Waals surface area contributed by atoms with Gasteiger partial charge in [-0.2, -0.15) is 0 Å². The minimum absolute atomic E-state index is 0.227. The highest BCUT2D eigenvalue weighted by Gasteiger charge is 2.54. The van der Waals surface area contributed by atoms with E-state index >= 15 is 0 Å². The van der Waals surface area contributed by atoms with E-state index < -0.39 is 12.0 Å². The lowest BCUT2D eigenvalue weighted by atomic mass is 9.67. The van der Waals surface area contributed by atoms with E-state index in [9.17, 15) is 8.78 Å². The first-order valence-electron chi connectivity index (χ1n) is 5.02. The summed E-state index contributed by atoms with van der Waals surface area (Å²) < 4.78 is 25.2. The van der Waals surface area contributed by atoms with E-state index in [1.54, 1.807) is 0 Å². The van der Waals surface area contributed by atoms with E-state index in [1.807, 2.05) is 0 Å². The highest BCUT2D eigenvalue weighted by molar-refractivity contribution is 5.09. The van der Waals surface area contributed by atoms with Crippen LogP contribution < -0.4 is 5.32 Å². The lowest BCUT2D eigenvalue weighted by Crippen LogP contribution is -2.56. The van der Waals surface area contributed by atoms with Gasteiger partial charge < -0.3 is 5.32 Å². The van der Waals surface area contributed by atoms with E-state index in [2.05, 4.69) is 19.2 Å². The molecular formula is C10H17F2N. The summed E-state index contributed by atoms with van der Waals surface area (Å²) in [5.41, 5.74) is -0.577. The maximum atomic E-state index is 12.6. The predicted molar refractivity (Wildman–Crippen MR) is 47.9 cm³/mol. The molecule has 1 nitrogen and oxygen atoms in total. The van der Waals surface area contributed by atoms with Crippen LogP contribution in [0.3, 0.4) is 0 Å². The SMILES string of the molecule is CC1(C)CCC1NC1(C(F)F)CC1. The van der Waals surface area contributed by atoms with Crippen molar-refractivity contribution in [3.8, 4) is 0 Å². The van der Waals surface area contributed by atoms with Crippen LogP contribution in [0.4, 0.5) is 8.78 Å². The minimum Gasteiger partial charge on any atom is -0.303 e. The third kappa shape index (κ3) is 1.47. The van der Waals surface area contributed by atoms with Gasteiger partial charge in [-0.25, -0.2) is 8.78 Å². The van der Waals surface area contributed by atoms with Gasteiger partial charge in [-0.3, -0.25) is 0 Å². The van der Waals surface area contributed by atoms with Crippen LogP contribution >= 0.6 is 0 Å². The van der Waals surface area contributed by atoms with Crippen molar-refractivity contribution >= 4 is 0 Å². The van der Waals surface area contributed by atoms with E-state index in [-0.39, 0.29) is 5.41 Å². The first-order chi connectivity index (χ1) is 5.96. The molecule has 0 amide bonds. The van der Waals surface area contributed by atoms with Crippen LogP contribution in [-0.2, 0) is 0 Å². The monoisotopic (exact) mass is 189 g/mol. The van der Waals surface area contributed by atoms with Crippen LogP contribution in [0.1, 0.15) is 39.5 Å². The Kier molecular flexibility index (Phi) is 1.92. The molecule has 2 saturated carbocycles. The van der Waals surface area contributed by atoms with Gasteiger partial charge in [0.15, 0.2) is 0 Å². The van der Waals surface area contributed by atoms with Crippen LogP contribution in [0.2, 0.25) is 0 Å². The Labute approximate surface area is 77.9 Å². The van der Waals surface area contributed by atoms with Crippen molar-refractivity contribution in [2.24, 2.45) is 5.41 Å². The zero-order valence-electron chi connectivity index (χ0n) is 8.24. The van der Waals surface area contributed by atoms with E-state index in [0.29, 0.717) is 18.9 Å². The molecule has 13 heavy (non-hydrogen) atoms. The van der Waals surface area contributed by atoms with Gasteiger partial charge in [0, 0.05) is 6.04 Å². The number of hydrogen-bond donors (Lipinski definition) is 1. The van der Waals surface area contributed by atoms with Gasteiger partial charge in [0.25, 0.3) is 6.43 Å². The molecule has 0 spiro atoms. The Bertz CT molecular complexity index is 209. The minimum atomic E-state index is -2.19. The van der Waals surface area contributed by atoms with E-state index in [4.69, 9.17) is 0 Å². The molecule has 0 aliphatic heterocycles. The summed E-state index contributed by atoms with van der Waals surface area (Å²) in [6.45, 7) is 4.30. The third-order valence-corrected chi connectivity index (χ3v) is 3.69. The Morgan fingerprint density at radius 3 is 2.08 bits per heavy atom. The second-order valence-electron chi connectivity index (χ2n) is 5.18. The average molecular weight is 189 g/mol. The summed E-state index contributed by atoms with van der Waals surface area (Å²) in [5, 5.41) is 3.14. The standard InChI is InChI=1S/C10H17F2N/c1-9(2)4-3-7(9)13-10(5-6-10)8(11)12/h7-8,13H,3-6H2,1-2H3. The van der Waals surface area contributed by atoms with Crippen molar-refractivity contribution in [3.63, 3.8) is 0 Å². The Morgan fingerprint density at radius 2 is 1.85 bits per heavy atom. The first-order valence-corrected chi connectivity index (χ1v) is 5.02. The van der Waals surface area contributed by atoms with Crippen LogP contribution in [0.5, 0.6) is 0 Å². The summed E-state index contributed by atoms with van der Waals surface area (Å²) in [6, 6.07) is 0.309. The Morgan fingerprint density at radius 1 is 1.23 bits per heavy atom. The van der Waals surface area contributed by atoms with Crippen molar-refractivity contribution < 1.29 is 8.78 Å². The lowest BCUT2D eigenvalue weighted by molar-refractivity contribution is 0.0321. The fourth-order valence-corrected chi connectivity index (χ4v) is 2.04. The highest BCUT2D eigenvalue weighted by Crippen LogP contribution is 2.47. The van der Waals surface area contributed by atoms with Gasteiger partial charge in [0.1, 0.15) is 0 Å². The fourth-order valence-electron chi connectivity index (χ4n) is 2.04. The molecular weight excluding hydrogens is 172 g/mol. The molecule has 2 fully saturated rings. The smallest absolute Gasteiger partial charge is 0.256 e. The number of halogens is 2. The van der Waals surface area contributed by atoms with Crippen LogP contribution in [0.15, 0.2) is 0 Å². The molecule has 0 aromatic carbocycles. The van der Waals surface area contributed by atoms with E-state index in [0.717, 1.165) is 12.8 Å². The van der Waals surface area contributed by atoms with Crippen LogP contribution in [0.25, 0.3) is 0 Å². The summed E-state index contributed by atoms with van der Waals surface area (Å²) in [4.78, 5) is 0. The van der Waals surface area contributed by atoms with Gasteiger partial charge in [0.2, 0.25) is 0 Å². The molecule has 0 radical (unpaired) electrons. The van der Waals surface area contributed by atoms with E-state index in [1.165, 1.54) is 0 Å². The molecule has 1 unspecified atom stereocenters. The summed E-state index contributed by atoms with van der Waals surface area (Å²) in [7, 11) is 0. The van der Waals surface area contributed by atoms with Crippen LogP contribution in [0, 0.1) is 5.41 Å². The largest absolute Gasteiger partial charge is 0.303 e. The molecule has 0 heterocycles. The quantitative estimate of drug-likeness (QED) is 0.719. The highest BCUT2D eigenvalue weighted by atomic mass is 19.3. The number of alkyl halides is 2. The summed E-state index contributed by atoms with van der Waals surface area (Å²) in [6.07, 6.45) is 1.32. The van der Waals surface area contributed by atoms with Gasteiger partial charge in [-0.15, -0.1) is 0 Å². The number of rotatable bonds is 3. The van der Waals surface area contributed by atoms with Gasteiger partial charge in [0.05, 0.1) is 5.54 Å². The molecule has 1 N–H and O–H groups in total. The zero-order valence-corrected chi connectivity index (χ0v) is 8.24. The van der Waals surface area contributed by atoms with Gasteiger partial charge in [-0.05, 0) is 31.1 Å². The first kappa shape index (κ1) is 9.38. The number of hydrogen-bond acceptors (Lipinski definition) is 1. The third-order valence-electron chi connectivity index (χ3n) is 3.69. The molecule has 2 aliphatic rings. The summed E-state index contributed by atoms with van der Waals surface area (Å²) >= 11 is 0. The van der Waals surface area contributed by atoms with Crippen LogP contribution in [-0.4, -0.2) is 18.0 Å². The van der Waals surface area contributed by atoms with Gasteiger partial charge >= 0.3 is 0 Å².